The van der Waals surface area contributed by atoms with Gasteiger partial charge < -0.3 is 21.6 Å². The highest BCUT2D eigenvalue weighted by Gasteiger charge is 2.33. The second-order valence-electron chi connectivity index (χ2n) is 4.48. The Morgan fingerprint density at radius 1 is 1.40 bits per heavy atom. The average molecular weight is 277 g/mol. The first-order valence-corrected chi connectivity index (χ1v) is 6.09. The second kappa shape index (κ2) is 5.55. The summed E-state index contributed by atoms with van der Waals surface area (Å²) >= 11 is 0. The molecule has 1 saturated heterocycles. The van der Waals surface area contributed by atoms with Gasteiger partial charge in [-0.15, -0.1) is 0 Å². The number of amidine groups is 1. The molecule has 1 aromatic heterocycles. The van der Waals surface area contributed by atoms with Gasteiger partial charge in [0.05, 0.1) is 0 Å². The third-order valence-electron chi connectivity index (χ3n) is 3.23. The van der Waals surface area contributed by atoms with Gasteiger partial charge in [-0.25, -0.2) is 0 Å². The Morgan fingerprint density at radius 3 is 2.70 bits per heavy atom. The number of pyridine rings is 1. The first-order chi connectivity index (χ1) is 9.54. The van der Waals surface area contributed by atoms with Crippen molar-refractivity contribution in [3.63, 3.8) is 0 Å². The zero-order chi connectivity index (χ0) is 14.7. The minimum absolute atomic E-state index is 0.0901. The summed E-state index contributed by atoms with van der Waals surface area (Å²) in [6.07, 6.45) is 2.64. The highest BCUT2D eigenvalue weighted by molar-refractivity contribution is 5.99. The first-order valence-electron chi connectivity index (χ1n) is 6.09. The molecule has 1 aromatic rings. The molecule has 5 N–H and O–H groups in total. The Bertz CT molecular complexity index is 555. The minimum Gasteiger partial charge on any atom is -0.409 e. The molecule has 106 valence electrons. The molecular weight excluding hydrogens is 262 g/mol. The van der Waals surface area contributed by atoms with Crippen molar-refractivity contribution in [1.29, 1.82) is 0 Å². The van der Waals surface area contributed by atoms with Gasteiger partial charge in [-0.1, -0.05) is 5.16 Å². The molecule has 0 radical (unpaired) electrons. The molecule has 1 atom stereocenters. The van der Waals surface area contributed by atoms with Crippen LogP contribution in [0, 0.1) is 0 Å². The molecule has 8 nitrogen and oxygen atoms in total. The molecular formula is C12H15N5O3. The minimum atomic E-state index is -0.576. The van der Waals surface area contributed by atoms with Crippen molar-refractivity contribution in [2.24, 2.45) is 16.6 Å². The van der Waals surface area contributed by atoms with Crippen molar-refractivity contribution in [1.82, 2.24) is 9.88 Å². The van der Waals surface area contributed by atoms with Crippen molar-refractivity contribution in [2.75, 3.05) is 6.54 Å². The van der Waals surface area contributed by atoms with Crippen LogP contribution < -0.4 is 11.5 Å². The summed E-state index contributed by atoms with van der Waals surface area (Å²) in [6, 6.07) is 2.41. The van der Waals surface area contributed by atoms with E-state index in [0.29, 0.717) is 18.5 Å². The van der Waals surface area contributed by atoms with Gasteiger partial charge in [0, 0.05) is 18.3 Å². The molecule has 20 heavy (non-hydrogen) atoms. The van der Waals surface area contributed by atoms with E-state index >= 15 is 0 Å². The van der Waals surface area contributed by atoms with Crippen LogP contribution >= 0.6 is 0 Å². The molecule has 1 fully saturated rings. The maximum atomic E-state index is 12.3. The van der Waals surface area contributed by atoms with Crippen LogP contribution in [0.5, 0.6) is 0 Å². The molecule has 0 aromatic carbocycles. The predicted molar refractivity (Wildman–Crippen MR) is 70.0 cm³/mol. The monoisotopic (exact) mass is 277 g/mol. The fourth-order valence-electron chi connectivity index (χ4n) is 2.18. The standard InChI is InChI=1S/C12H15N5O3/c13-10(16-20)7-3-4-8(15-6-7)12(19)17-5-1-2-9(17)11(14)18/h3-4,6,9,20H,1-2,5H2,(H2,13,16)(H2,14,18). The number of hydrogen-bond acceptors (Lipinski definition) is 5. The fraction of sp³-hybridized carbons (Fsp3) is 0.333. The molecule has 8 heteroatoms. The SMILES string of the molecule is NC(=O)C1CCCN1C(=O)c1ccc(C(N)=NO)cn1. The fourth-order valence-corrected chi connectivity index (χ4v) is 2.18. The first kappa shape index (κ1) is 13.8. The number of oxime groups is 1. The molecule has 2 rings (SSSR count). The third-order valence-corrected chi connectivity index (χ3v) is 3.23. The maximum Gasteiger partial charge on any atom is 0.273 e. The molecule has 1 unspecified atom stereocenters. The van der Waals surface area contributed by atoms with Gasteiger partial charge in [0.15, 0.2) is 5.84 Å². The molecule has 0 aliphatic carbocycles. The van der Waals surface area contributed by atoms with Gasteiger partial charge in [0.2, 0.25) is 5.91 Å². The van der Waals surface area contributed by atoms with Crippen LogP contribution in [0.4, 0.5) is 0 Å². The van der Waals surface area contributed by atoms with Crippen LogP contribution in [0.2, 0.25) is 0 Å². The van der Waals surface area contributed by atoms with E-state index in [1.807, 2.05) is 0 Å². The lowest BCUT2D eigenvalue weighted by Gasteiger charge is -2.21. The van der Waals surface area contributed by atoms with Crippen molar-refractivity contribution < 1.29 is 14.8 Å². The topological polar surface area (TPSA) is 135 Å². The van der Waals surface area contributed by atoms with E-state index in [4.69, 9.17) is 16.7 Å². The van der Waals surface area contributed by atoms with E-state index < -0.39 is 11.9 Å². The lowest BCUT2D eigenvalue weighted by molar-refractivity contribution is -0.121. The van der Waals surface area contributed by atoms with Crippen LogP contribution in [0.25, 0.3) is 0 Å². The van der Waals surface area contributed by atoms with Gasteiger partial charge in [0.25, 0.3) is 5.91 Å². The number of likely N-dealkylation sites (tertiary alicyclic amines) is 1. The van der Waals surface area contributed by atoms with Crippen LogP contribution in [0.15, 0.2) is 23.5 Å². The zero-order valence-electron chi connectivity index (χ0n) is 10.7. The number of rotatable bonds is 3. The maximum absolute atomic E-state index is 12.3. The largest absolute Gasteiger partial charge is 0.409 e. The van der Waals surface area contributed by atoms with Crippen molar-refractivity contribution in [2.45, 2.75) is 18.9 Å². The summed E-state index contributed by atoms with van der Waals surface area (Å²) in [5, 5.41) is 11.4. The van der Waals surface area contributed by atoms with E-state index in [2.05, 4.69) is 10.1 Å². The molecule has 0 saturated carbocycles. The number of carbonyl (C=O) groups excluding carboxylic acids is 2. The van der Waals surface area contributed by atoms with Crippen molar-refractivity contribution >= 4 is 17.6 Å². The molecule has 0 spiro atoms. The highest BCUT2D eigenvalue weighted by atomic mass is 16.4. The smallest absolute Gasteiger partial charge is 0.273 e. The predicted octanol–water partition coefficient (Wildman–Crippen LogP) is -0.734. The summed E-state index contributed by atoms with van der Waals surface area (Å²) in [4.78, 5) is 28.9. The van der Waals surface area contributed by atoms with E-state index in [1.165, 1.54) is 23.2 Å². The summed E-state index contributed by atoms with van der Waals surface area (Å²) in [5.74, 6) is -0.950. The Labute approximate surface area is 115 Å². The summed E-state index contributed by atoms with van der Waals surface area (Å²) in [6.45, 7) is 0.482. The summed E-state index contributed by atoms with van der Waals surface area (Å²) in [7, 11) is 0. The zero-order valence-corrected chi connectivity index (χ0v) is 10.7. The van der Waals surface area contributed by atoms with E-state index in [-0.39, 0.29) is 17.4 Å². The molecule has 2 amide bonds. The lowest BCUT2D eigenvalue weighted by atomic mass is 10.2. The summed E-state index contributed by atoms with van der Waals surface area (Å²) in [5.41, 5.74) is 11.3. The van der Waals surface area contributed by atoms with E-state index in [0.717, 1.165) is 6.42 Å². The van der Waals surface area contributed by atoms with Crippen molar-refractivity contribution in [3.05, 3.63) is 29.6 Å². The second-order valence-corrected chi connectivity index (χ2v) is 4.48. The van der Waals surface area contributed by atoms with Gasteiger partial charge in [0.1, 0.15) is 11.7 Å². The van der Waals surface area contributed by atoms with Crippen LogP contribution in [-0.4, -0.2) is 45.3 Å². The van der Waals surface area contributed by atoms with Crippen LogP contribution in [0.3, 0.4) is 0 Å². The van der Waals surface area contributed by atoms with E-state index in [1.54, 1.807) is 0 Å². The number of nitrogens with two attached hydrogens (primary N) is 2. The summed E-state index contributed by atoms with van der Waals surface area (Å²) < 4.78 is 0. The van der Waals surface area contributed by atoms with Gasteiger partial charge in [-0.05, 0) is 25.0 Å². The number of primary amides is 1. The molecule has 1 aliphatic rings. The molecule has 0 bridgehead atoms. The third kappa shape index (κ3) is 2.53. The van der Waals surface area contributed by atoms with E-state index in [9.17, 15) is 9.59 Å². The number of hydrogen-bond donors (Lipinski definition) is 3. The van der Waals surface area contributed by atoms with Gasteiger partial charge in [-0.2, -0.15) is 0 Å². The Hall–Kier alpha value is -2.64. The Balaban J connectivity index is 2.19. The number of amides is 2. The lowest BCUT2D eigenvalue weighted by Crippen LogP contribution is -2.43. The normalized spacial score (nSPS) is 19.1. The Morgan fingerprint density at radius 2 is 2.15 bits per heavy atom. The highest BCUT2D eigenvalue weighted by Crippen LogP contribution is 2.19. The van der Waals surface area contributed by atoms with Gasteiger partial charge >= 0.3 is 0 Å². The van der Waals surface area contributed by atoms with Crippen LogP contribution in [-0.2, 0) is 4.79 Å². The molecule has 2 heterocycles. The van der Waals surface area contributed by atoms with Crippen LogP contribution in [0.1, 0.15) is 28.9 Å². The Kier molecular flexibility index (Phi) is 3.83. The quantitative estimate of drug-likeness (QED) is 0.289. The van der Waals surface area contributed by atoms with Gasteiger partial charge in [-0.3, -0.25) is 14.6 Å². The van der Waals surface area contributed by atoms with Crippen molar-refractivity contribution in [3.8, 4) is 0 Å². The average Bonchev–Trinajstić information content (AvgIpc) is 2.95. The number of carbonyl (C=O) groups is 2. The number of aromatic nitrogens is 1. The number of nitrogens with zero attached hydrogens (tertiary/aromatic N) is 3. The molecule has 1 aliphatic heterocycles.